The van der Waals surface area contributed by atoms with Crippen LogP contribution in [0.25, 0.3) is 0 Å². The molecule has 1 saturated heterocycles. The fraction of sp³-hybridized carbons (Fsp3) is 0.316. The van der Waals surface area contributed by atoms with E-state index in [4.69, 9.17) is 9.47 Å². The SMILES string of the molecule is COc1ccc([N+](=O)[O-])cc1NS(=O)(=O)c1ccc(C(=O)NC2CCCOC2)cc1. The maximum absolute atomic E-state index is 12.7. The Morgan fingerprint density at radius 1 is 1.23 bits per heavy atom. The summed E-state index contributed by atoms with van der Waals surface area (Å²) in [6.07, 6.45) is 1.70. The fourth-order valence-electron chi connectivity index (χ4n) is 3.00. The number of hydrogen-bond donors (Lipinski definition) is 2. The van der Waals surface area contributed by atoms with E-state index in [9.17, 15) is 23.3 Å². The Hall–Kier alpha value is -3.18. The topological polar surface area (TPSA) is 137 Å². The third-order valence-corrected chi connectivity index (χ3v) is 5.94. The van der Waals surface area contributed by atoms with Crippen LogP contribution in [0.3, 0.4) is 0 Å². The van der Waals surface area contributed by atoms with E-state index in [1.54, 1.807) is 0 Å². The summed E-state index contributed by atoms with van der Waals surface area (Å²) in [7, 11) is -2.74. The van der Waals surface area contributed by atoms with Gasteiger partial charge >= 0.3 is 0 Å². The van der Waals surface area contributed by atoms with Crippen LogP contribution in [0, 0.1) is 10.1 Å². The second-order valence-corrected chi connectivity index (χ2v) is 8.34. The molecule has 0 radical (unpaired) electrons. The summed E-state index contributed by atoms with van der Waals surface area (Å²) in [6.45, 7) is 1.13. The van der Waals surface area contributed by atoms with E-state index in [0.717, 1.165) is 18.9 Å². The summed E-state index contributed by atoms with van der Waals surface area (Å²) in [6, 6.07) is 8.90. The minimum absolute atomic E-state index is 0.0641. The number of benzene rings is 2. The van der Waals surface area contributed by atoms with Crippen LogP contribution in [0.2, 0.25) is 0 Å². The molecule has 1 fully saturated rings. The molecule has 2 aromatic carbocycles. The van der Waals surface area contributed by atoms with Crippen molar-refractivity contribution in [3.05, 3.63) is 58.1 Å². The molecule has 11 heteroatoms. The minimum atomic E-state index is -4.06. The number of nitrogens with zero attached hydrogens (tertiary/aromatic N) is 1. The number of hydrogen-bond acceptors (Lipinski definition) is 7. The van der Waals surface area contributed by atoms with Crippen LogP contribution in [0.1, 0.15) is 23.2 Å². The molecule has 0 saturated carbocycles. The summed E-state index contributed by atoms with van der Waals surface area (Å²) in [5, 5.41) is 13.8. The van der Waals surface area contributed by atoms with Crippen LogP contribution >= 0.6 is 0 Å². The van der Waals surface area contributed by atoms with E-state index < -0.39 is 14.9 Å². The second kappa shape index (κ2) is 9.09. The molecular formula is C19H21N3O7S. The van der Waals surface area contributed by atoms with E-state index >= 15 is 0 Å². The summed E-state index contributed by atoms with van der Waals surface area (Å²) in [4.78, 5) is 22.6. The first-order valence-electron chi connectivity index (χ1n) is 9.14. The Kier molecular flexibility index (Phi) is 6.53. The average molecular weight is 435 g/mol. The molecule has 1 atom stereocenters. The Labute approximate surface area is 173 Å². The van der Waals surface area contributed by atoms with Crippen molar-refractivity contribution in [2.24, 2.45) is 0 Å². The molecule has 3 rings (SSSR count). The van der Waals surface area contributed by atoms with E-state index in [0.29, 0.717) is 18.8 Å². The molecule has 1 aliphatic rings. The normalized spacial score (nSPS) is 16.5. The molecule has 2 N–H and O–H groups in total. The predicted octanol–water partition coefficient (Wildman–Crippen LogP) is 2.31. The first-order valence-corrected chi connectivity index (χ1v) is 10.6. The molecular weight excluding hydrogens is 414 g/mol. The highest BCUT2D eigenvalue weighted by Crippen LogP contribution is 2.30. The highest BCUT2D eigenvalue weighted by molar-refractivity contribution is 7.92. The lowest BCUT2D eigenvalue weighted by molar-refractivity contribution is -0.384. The zero-order valence-electron chi connectivity index (χ0n) is 16.2. The molecule has 160 valence electrons. The van der Waals surface area contributed by atoms with Gasteiger partial charge in [0.1, 0.15) is 5.75 Å². The molecule has 10 nitrogen and oxygen atoms in total. The minimum Gasteiger partial charge on any atom is -0.495 e. The lowest BCUT2D eigenvalue weighted by Crippen LogP contribution is -2.40. The molecule has 0 aromatic heterocycles. The van der Waals surface area contributed by atoms with Crippen LogP contribution in [0.5, 0.6) is 5.75 Å². The second-order valence-electron chi connectivity index (χ2n) is 6.66. The van der Waals surface area contributed by atoms with Gasteiger partial charge in [0.05, 0.1) is 35.3 Å². The number of rotatable bonds is 7. The van der Waals surface area contributed by atoms with Gasteiger partial charge < -0.3 is 14.8 Å². The Morgan fingerprint density at radius 3 is 2.57 bits per heavy atom. The molecule has 1 heterocycles. The van der Waals surface area contributed by atoms with Gasteiger partial charge in [-0.05, 0) is 43.2 Å². The van der Waals surface area contributed by atoms with E-state index in [-0.39, 0.29) is 34.0 Å². The van der Waals surface area contributed by atoms with Crippen LogP contribution in [0.15, 0.2) is 47.4 Å². The van der Waals surface area contributed by atoms with E-state index in [1.165, 1.54) is 43.5 Å². The summed E-state index contributed by atoms with van der Waals surface area (Å²) in [5.74, 6) is -0.183. The van der Waals surface area contributed by atoms with Gasteiger partial charge in [-0.2, -0.15) is 0 Å². The summed E-state index contributed by atoms with van der Waals surface area (Å²) in [5.41, 5.74) is -0.0366. The predicted molar refractivity (Wildman–Crippen MR) is 108 cm³/mol. The monoisotopic (exact) mass is 435 g/mol. The first-order chi connectivity index (χ1) is 14.3. The maximum Gasteiger partial charge on any atom is 0.271 e. The summed E-state index contributed by atoms with van der Waals surface area (Å²) < 4.78 is 38.1. The molecule has 1 unspecified atom stereocenters. The number of sulfonamides is 1. The lowest BCUT2D eigenvalue weighted by Gasteiger charge is -2.23. The van der Waals surface area contributed by atoms with Gasteiger partial charge in [-0.3, -0.25) is 19.6 Å². The zero-order chi connectivity index (χ0) is 21.7. The molecule has 30 heavy (non-hydrogen) atoms. The number of carbonyl (C=O) groups is 1. The van der Waals surface area contributed by atoms with Crippen LogP contribution in [-0.4, -0.2) is 45.6 Å². The molecule has 1 aliphatic heterocycles. The van der Waals surface area contributed by atoms with Crippen molar-refractivity contribution in [3.63, 3.8) is 0 Å². The number of nitro benzene ring substituents is 1. The van der Waals surface area contributed by atoms with Gasteiger partial charge in [-0.1, -0.05) is 0 Å². The van der Waals surface area contributed by atoms with Gasteiger partial charge in [0.15, 0.2) is 0 Å². The van der Waals surface area contributed by atoms with Crippen LogP contribution in [-0.2, 0) is 14.8 Å². The molecule has 2 aromatic rings. The van der Waals surface area contributed by atoms with Gasteiger partial charge in [0.25, 0.3) is 21.6 Å². The average Bonchev–Trinajstić information content (AvgIpc) is 2.74. The molecule has 0 aliphatic carbocycles. The quantitative estimate of drug-likeness (QED) is 0.503. The fourth-order valence-corrected chi connectivity index (χ4v) is 4.06. The number of carbonyl (C=O) groups excluding carboxylic acids is 1. The number of methoxy groups -OCH3 is 1. The van der Waals surface area contributed by atoms with Crippen molar-refractivity contribution in [1.82, 2.24) is 5.32 Å². The van der Waals surface area contributed by atoms with Crippen LogP contribution in [0.4, 0.5) is 11.4 Å². The van der Waals surface area contributed by atoms with Gasteiger partial charge in [-0.25, -0.2) is 8.42 Å². The zero-order valence-corrected chi connectivity index (χ0v) is 17.0. The number of nitro groups is 1. The number of amides is 1. The molecule has 0 bridgehead atoms. The molecule has 0 spiro atoms. The highest BCUT2D eigenvalue weighted by Gasteiger charge is 2.21. The van der Waals surface area contributed by atoms with Gasteiger partial charge in [0, 0.05) is 24.3 Å². The number of anilines is 1. The van der Waals surface area contributed by atoms with E-state index in [1.807, 2.05) is 0 Å². The van der Waals surface area contributed by atoms with Crippen molar-refractivity contribution in [2.45, 2.75) is 23.8 Å². The van der Waals surface area contributed by atoms with Crippen molar-refractivity contribution in [2.75, 3.05) is 25.0 Å². The van der Waals surface area contributed by atoms with Crippen LogP contribution < -0.4 is 14.8 Å². The maximum atomic E-state index is 12.7. The van der Waals surface area contributed by atoms with Crippen molar-refractivity contribution >= 4 is 27.3 Å². The third kappa shape index (κ3) is 5.05. The van der Waals surface area contributed by atoms with Gasteiger partial charge in [0.2, 0.25) is 0 Å². The number of nitrogens with one attached hydrogen (secondary N) is 2. The van der Waals surface area contributed by atoms with E-state index in [2.05, 4.69) is 10.0 Å². The standard InChI is InChI=1S/C19H21N3O7S/c1-28-18-9-6-15(22(24)25)11-17(18)21-30(26,27)16-7-4-13(5-8-16)19(23)20-14-3-2-10-29-12-14/h4-9,11,14,21H,2-3,10,12H2,1H3,(H,20,23). The van der Waals surface area contributed by atoms with Crippen molar-refractivity contribution < 1.29 is 27.6 Å². The smallest absolute Gasteiger partial charge is 0.271 e. The Bertz CT molecular complexity index is 1030. The van der Waals surface area contributed by atoms with Crippen molar-refractivity contribution in [1.29, 1.82) is 0 Å². The lowest BCUT2D eigenvalue weighted by atomic mass is 10.1. The largest absolute Gasteiger partial charge is 0.495 e. The van der Waals surface area contributed by atoms with Crippen molar-refractivity contribution in [3.8, 4) is 5.75 Å². The highest BCUT2D eigenvalue weighted by atomic mass is 32.2. The number of non-ortho nitro benzene ring substituents is 1. The number of ether oxygens (including phenoxy) is 2. The Balaban J connectivity index is 1.76. The van der Waals surface area contributed by atoms with Gasteiger partial charge in [-0.15, -0.1) is 0 Å². The third-order valence-electron chi connectivity index (χ3n) is 4.56. The summed E-state index contributed by atoms with van der Waals surface area (Å²) >= 11 is 0. The molecule has 1 amide bonds. The Morgan fingerprint density at radius 2 is 1.97 bits per heavy atom. The first kappa shape index (κ1) is 21.5.